The van der Waals surface area contributed by atoms with Gasteiger partial charge in [0.15, 0.2) is 5.65 Å². The molecule has 6 heteroatoms. The number of aromatic nitrogens is 4. The van der Waals surface area contributed by atoms with E-state index in [1.165, 1.54) is 0 Å². The first-order valence-electron chi connectivity index (χ1n) is 5.73. The SMILES string of the molecule is ClCc1nc2cc(Br)cnc2n1Cc1cccnc1. The van der Waals surface area contributed by atoms with Crippen LogP contribution >= 0.6 is 27.5 Å². The monoisotopic (exact) mass is 336 g/mol. The largest absolute Gasteiger partial charge is 0.307 e. The normalized spacial score (nSPS) is 11.1. The Hall–Kier alpha value is -1.46. The van der Waals surface area contributed by atoms with E-state index >= 15 is 0 Å². The van der Waals surface area contributed by atoms with Crippen molar-refractivity contribution >= 4 is 38.7 Å². The minimum Gasteiger partial charge on any atom is -0.307 e. The van der Waals surface area contributed by atoms with E-state index in [0.29, 0.717) is 12.4 Å². The van der Waals surface area contributed by atoms with Gasteiger partial charge in [-0.05, 0) is 33.6 Å². The number of hydrogen-bond donors (Lipinski definition) is 0. The summed E-state index contributed by atoms with van der Waals surface area (Å²) < 4.78 is 2.93. The van der Waals surface area contributed by atoms with Crippen molar-refractivity contribution in [3.05, 3.63) is 52.7 Å². The molecule has 0 saturated carbocycles. The molecule has 0 fully saturated rings. The molecule has 3 aromatic heterocycles. The lowest BCUT2D eigenvalue weighted by atomic mass is 10.3. The van der Waals surface area contributed by atoms with Gasteiger partial charge in [0.2, 0.25) is 0 Å². The van der Waals surface area contributed by atoms with E-state index in [-0.39, 0.29) is 0 Å². The summed E-state index contributed by atoms with van der Waals surface area (Å²) in [5, 5.41) is 0. The van der Waals surface area contributed by atoms with Crippen molar-refractivity contribution in [3.8, 4) is 0 Å². The Balaban J connectivity index is 2.11. The number of hydrogen-bond acceptors (Lipinski definition) is 3. The second kappa shape index (κ2) is 5.27. The first kappa shape index (κ1) is 12.6. The summed E-state index contributed by atoms with van der Waals surface area (Å²) >= 11 is 9.37. The van der Waals surface area contributed by atoms with Gasteiger partial charge in [0.05, 0.1) is 12.4 Å². The quantitative estimate of drug-likeness (QED) is 0.688. The number of imidazole rings is 1. The molecule has 0 unspecified atom stereocenters. The molecule has 0 amide bonds. The van der Waals surface area contributed by atoms with Crippen LogP contribution in [0.25, 0.3) is 11.2 Å². The molecule has 3 aromatic rings. The summed E-state index contributed by atoms with van der Waals surface area (Å²) in [6.07, 6.45) is 5.36. The van der Waals surface area contributed by atoms with Crippen molar-refractivity contribution < 1.29 is 0 Å². The molecule has 3 rings (SSSR count). The third-order valence-electron chi connectivity index (χ3n) is 2.81. The van der Waals surface area contributed by atoms with E-state index in [2.05, 4.69) is 30.9 Å². The lowest BCUT2D eigenvalue weighted by Crippen LogP contribution is -2.04. The topological polar surface area (TPSA) is 43.6 Å². The van der Waals surface area contributed by atoms with Gasteiger partial charge in [-0.3, -0.25) is 4.98 Å². The molecule has 0 atom stereocenters. The van der Waals surface area contributed by atoms with E-state index in [9.17, 15) is 0 Å². The zero-order chi connectivity index (χ0) is 13.2. The molecule has 4 nitrogen and oxygen atoms in total. The molecule has 0 saturated heterocycles. The highest BCUT2D eigenvalue weighted by Crippen LogP contribution is 2.20. The summed E-state index contributed by atoms with van der Waals surface area (Å²) in [7, 11) is 0. The molecule has 0 aliphatic heterocycles. The first-order valence-corrected chi connectivity index (χ1v) is 7.06. The van der Waals surface area contributed by atoms with Crippen LogP contribution in [0.4, 0.5) is 0 Å². The van der Waals surface area contributed by atoms with Gasteiger partial charge in [-0.1, -0.05) is 6.07 Å². The highest BCUT2D eigenvalue weighted by molar-refractivity contribution is 9.10. The summed E-state index contributed by atoms with van der Waals surface area (Å²) in [5.74, 6) is 1.17. The second-order valence-electron chi connectivity index (χ2n) is 4.11. The van der Waals surface area contributed by atoms with Gasteiger partial charge in [-0.15, -0.1) is 11.6 Å². The van der Waals surface area contributed by atoms with Crippen LogP contribution in [0.3, 0.4) is 0 Å². The van der Waals surface area contributed by atoms with Crippen LogP contribution in [0.1, 0.15) is 11.4 Å². The maximum atomic E-state index is 5.97. The first-order chi connectivity index (χ1) is 9.28. The molecule has 96 valence electrons. The molecule has 0 aromatic carbocycles. The van der Waals surface area contributed by atoms with Crippen molar-refractivity contribution in [2.45, 2.75) is 12.4 Å². The minimum absolute atomic E-state index is 0.355. The predicted octanol–water partition coefficient (Wildman–Crippen LogP) is 3.38. The Morgan fingerprint density at radius 3 is 2.95 bits per heavy atom. The molecule has 0 N–H and O–H groups in total. The van der Waals surface area contributed by atoms with E-state index in [1.54, 1.807) is 12.4 Å². The number of alkyl halides is 1. The highest BCUT2D eigenvalue weighted by atomic mass is 79.9. The molecule has 19 heavy (non-hydrogen) atoms. The average molecular weight is 338 g/mol. The second-order valence-corrected chi connectivity index (χ2v) is 5.29. The summed E-state index contributed by atoms with van der Waals surface area (Å²) in [6, 6.07) is 5.88. The van der Waals surface area contributed by atoms with E-state index < -0.39 is 0 Å². The molecule has 0 aliphatic rings. The molecule has 0 spiro atoms. The van der Waals surface area contributed by atoms with Crippen molar-refractivity contribution in [3.63, 3.8) is 0 Å². The molecule has 0 radical (unpaired) electrons. The van der Waals surface area contributed by atoms with Gasteiger partial charge in [-0.2, -0.15) is 0 Å². The third-order valence-corrected chi connectivity index (χ3v) is 3.49. The number of pyridine rings is 2. The van der Waals surface area contributed by atoms with E-state index in [4.69, 9.17) is 11.6 Å². The van der Waals surface area contributed by atoms with Crippen LogP contribution in [0.15, 0.2) is 41.3 Å². The summed E-state index contributed by atoms with van der Waals surface area (Å²) in [5.41, 5.74) is 2.77. The van der Waals surface area contributed by atoms with Crippen LogP contribution in [0.2, 0.25) is 0 Å². The summed E-state index contributed by atoms with van der Waals surface area (Å²) in [6.45, 7) is 0.668. The lowest BCUT2D eigenvalue weighted by molar-refractivity contribution is 0.767. The van der Waals surface area contributed by atoms with Crippen molar-refractivity contribution in [1.82, 2.24) is 19.5 Å². The van der Waals surface area contributed by atoms with E-state index in [0.717, 1.165) is 27.0 Å². The maximum absolute atomic E-state index is 5.97. The van der Waals surface area contributed by atoms with E-state index in [1.807, 2.05) is 29.0 Å². The van der Waals surface area contributed by atoms with Gasteiger partial charge in [0, 0.05) is 23.1 Å². The molecule has 3 heterocycles. The van der Waals surface area contributed by atoms with Crippen LogP contribution in [-0.2, 0) is 12.4 Å². The number of rotatable bonds is 3. The number of fused-ring (bicyclic) bond motifs is 1. The highest BCUT2D eigenvalue weighted by Gasteiger charge is 2.11. The fourth-order valence-corrected chi connectivity index (χ4v) is 2.50. The molecular weight excluding hydrogens is 328 g/mol. The van der Waals surface area contributed by atoms with Crippen LogP contribution in [0, 0.1) is 0 Å². The Morgan fingerprint density at radius 1 is 1.32 bits per heavy atom. The van der Waals surface area contributed by atoms with Gasteiger partial charge < -0.3 is 4.57 Å². The Kier molecular flexibility index (Phi) is 3.48. The number of halogens is 2. The zero-order valence-electron chi connectivity index (χ0n) is 9.92. The third kappa shape index (κ3) is 2.48. The fraction of sp³-hybridized carbons (Fsp3) is 0.154. The standard InChI is InChI=1S/C13H10BrClN4/c14-10-4-11-13(17-7-10)19(12(5-15)18-11)8-9-2-1-3-16-6-9/h1-4,6-7H,5,8H2. The Morgan fingerprint density at radius 2 is 2.21 bits per heavy atom. The number of nitrogens with zero attached hydrogens (tertiary/aromatic N) is 4. The van der Waals surface area contributed by atoms with Crippen LogP contribution < -0.4 is 0 Å². The molecule has 0 aliphatic carbocycles. The van der Waals surface area contributed by atoms with Gasteiger partial charge in [0.1, 0.15) is 11.3 Å². The lowest BCUT2D eigenvalue weighted by Gasteiger charge is -2.06. The van der Waals surface area contributed by atoms with Crippen LogP contribution in [0.5, 0.6) is 0 Å². The van der Waals surface area contributed by atoms with Gasteiger partial charge in [0.25, 0.3) is 0 Å². The fourth-order valence-electron chi connectivity index (χ4n) is 1.98. The average Bonchev–Trinajstić information content (AvgIpc) is 2.77. The summed E-state index contributed by atoms with van der Waals surface area (Å²) in [4.78, 5) is 13.0. The zero-order valence-corrected chi connectivity index (χ0v) is 12.3. The van der Waals surface area contributed by atoms with Crippen molar-refractivity contribution in [1.29, 1.82) is 0 Å². The smallest absolute Gasteiger partial charge is 0.160 e. The molecular formula is C13H10BrClN4. The Bertz CT molecular complexity index is 711. The van der Waals surface area contributed by atoms with Gasteiger partial charge in [-0.25, -0.2) is 9.97 Å². The van der Waals surface area contributed by atoms with Crippen molar-refractivity contribution in [2.24, 2.45) is 0 Å². The molecule has 0 bridgehead atoms. The van der Waals surface area contributed by atoms with Crippen molar-refractivity contribution in [2.75, 3.05) is 0 Å². The maximum Gasteiger partial charge on any atom is 0.160 e. The predicted molar refractivity (Wildman–Crippen MR) is 78.1 cm³/mol. The van der Waals surface area contributed by atoms with Gasteiger partial charge >= 0.3 is 0 Å². The Labute approximate surface area is 123 Å². The van der Waals surface area contributed by atoms with Crippen LogP contribution in [-0.4, -0.2) is 19.5 Å². The minimum atomic E-state index is 0.355.